The molecule has 0 aromatic rings. The van der Waals surface area contributed by atoms with Gasteiger partial charge in [-0.05, 0) is 56.6 Å². The molecular formula is C18H34N2S. The van der Waals surface area contributed by atoms with Crippen LogP contribution in [0.3, 0.4) is 0 Å². The zero-order valence-corrected chi connectivity index (χ0v) is 14.7. The first-order chi connectivity index (χ1) is 10.3. The second-order valence-electron chi connectivity index (χ2n) is 7.61. The molecule has 1 saturated heterocycles. The van der Waals surface area contributed by atoms with Gasteiger partial charge < -0.3 is 5.32 Å². The minimum absolute atomic E-state index is 0.531. The van der Waals surface area contributed by atoms with Gasteiger partial charge in [0.25, 0.3) is 0 Å². The van der Waals surface area contributed by atoms with Crippen molar-refractivity contribution in [2.24, 2.45) is 5.92 Å². The molecule has 3 heteroatoms. The van der Waals surface area contributed by atoms with Crippen molar-refractivity contribution in [3.63, 3.8) is 0 Å². The van der Waals surface area contributed by atoms with Gasteiger partial charge >= 0.3 is 0 Å². The van der Waals surface area contributed by atoms with Crippen molar-refractivity contribution in [2.75, 3.05) is 31.6 Å². The Morgan fingerprint density at radius 3 is 2.57 bits per heavy atom. The first-order valence-corrected chi connectivity index (χ1v) is 10.7. The fourth-order valence-corrected chi connectivity index (χ4v) is 5.45. The van der Waals surface area contributed by atoms with Crippen molar-refractivity contribution >= 4 is 11.8 Å². The van der Waals surface area contributed by atoms with Crippen LogP contribution in [-0.4, -0.2) is 48.1 Å². The third kappa shape index (κ3) is 3.79. The molecule has 1 unspecified atom stereocenters. The zero-order chi connectivity index (χ0) is 14.5. The molecule has 2 aliphatic carbocycles. The fourth-order valence-electron chi connectivity index (χ4n) is 5.04. The Morgan fingerprint density at radius 2 is 1.86 bits per heavy atom. The van der Waals surface area contributed by atoms with Crippen LogP contribution in [0.2, 0.25) is 0 Å². The van der Waals surface area contributed by atoms with Crippen LogP contribution in [0.5, 0.6) is 0 Å². The molecule has 21 heavy (non-hydrogen) atoms. The van der Waals surface area contributed by atoms with E-state index in [1.165, 1.54) is 89.6 Å². The van der Waals surface area contributed by atoms with Crippen molar-refractivity contribution < 1.29 is 0 Å². The van der Waals surface area contributed by atoms with E-state index in [1.807, 2.05) is 11.8 Å². The van der Waals surface area contributed by atoms with Gasteiger partial charge in [-0.1, -0.05) is 32.1 Å². The summed E-state index contributed by atoms with van der Waals surface area (Å²) in [4.78, 5) is 2.92. The van der Waals surface area contributed by atoms with Crippen molar-refractivity contribution in [3.05, 3.63) is 0 Å². The van der Waals surface area contributed by atoms with E-state index in [0.29, 0.717) is 5.54 Å². The van der Waals surface area contributed by atoms with E-state index in [9.17, 15) is 0 Å². The molecule has 1 aliphatic heterocycles. The highest BCUT2D eigenvalue weighted by Crippen LogP contribution is 2.39. The Bertz CT molecular complexity index is 308. The topological polar surface area (TPSA) is 15.3 Å². The molecule has 0 aromatic heterocycles. The van der Waals surface area contributed by atoms with Gasteiger partial charge in [-0.15, -0.1) is 0 Å². The van der Waals surface area contributed by atoms with Crippen LogP contribution in [0.15, 0.2) is 0 Å². The van der Waals surface area contributed by atoms with E-state index in [4.69, 9.17) is 0 Å². The second-order valence-corrected chi connectivity index (χ2v) is 8.59. The fraction of sp³-hybridized carbons (Fsp3) is 1.00. The van der Waals surface area contributed by atoms with Crippen LogP contribution >= 0.6 is 11.8 Å². The largest absolute Gasteiger partial charge is 0.311 e. The zero-order valence-electron chi connectivity index (χ0n) is 13.9. The molecule has 1 N–H and O–H groups in total. The first-order valence-electron chi connectivity index (χ1n) is 9.31. The lowest BCUT2D eigenvalue weighted by molar-refractivity contribution is 0.0247. The lowest BCUT2D eigenvalue weighted by atomic mass is 9.80. The summed E-state index contributed by atoms with van der Waals surface area (Å²) in [6.07, 6.45) is 16.8. The molecule has 0 bridgehead atoms. The van der Waals surface area contributed by atoms with Crippen LogP contribution in [0.25, 0.3) is 0 Å². The van der Waals surface area contributed by atoms with Gasteiger partial charge in [-0.3, -0.25) is 4.90 Å². The van der Waals surface area contributed by atoms with Gasteiger partial charge in [0.15, 0.2) is 0 Å². The second kappa shape index (κ2) is 7.70. The van der Waals surface area contributed by atoms with Crippen molar-refractivity contribution in [3.8, 4) is 0 Å². The standard InChI is InChI=1S/C18H34N2S/c1-21-13-7-12-20-14-17(16-8-3-2-4-9-16)19-15-18(20)10-5-6-11-18/h16-17,19H,2-15H2,1H3. The van der Waals surface area contributed by atoms with Gasteiger partial charge in [0, 0.05) is 24.7 Å². The molecule has 1 spiro atoms. The summed E-state index contributed by atoms with van der Waals surface area (Å²) in [5.41, 5.74) is 0.531. The Morgan fingerprint density at radius 1 is 1.10 bits per heavy atom. The van der Waals surface area contributed by atoms with E-state index in [1.54, 1.807) is 0 Å². The molecule has 122 valence electrons. The van der Waals surface area contributed by atoms with Crippen LogP contribution in [-0.2, 0) is 0 Å². The molecule has 0 radical (unpaired) electrons. The van der Waals surface area contributed by atoms with Gasteiger partial charge in [0.2, 0.25) is 0 Å². The van der Waals surface area contributed by atoms with Crippen molar-refractivity contribution in [1.82, 2.24) is 10.2 Å². The highest BCUT2D eigenvalue weighted by atomic mass is 32.2. The highest BCUT2D eigenvalue weighted by Gasteiger charge is 2.44. The quantitative estimate of drug-likeness (QED) is 0.775. The Balaban J connectivity index is 1.61. The average molecular weight is 311 g/mol. The monoisotopic (exact) mass is 310 g/mol. The summed E-state index contributed by atoms with van der Waals surface area (Å²) < 4.78 is 0. The van der Waals surface area contributed by atoms with Crippen LogP contribution in [0.1, 0.15) is 64.2 Å². The molecule has 3 fully saturated rings. The molecule has 1 atom stereocenters. The van der Waals surface area contributed by atoms with E-state index < -0.39 is 0 Å². The maximum absolute atomic E-state index is 4.00. The number of piperazine rings is 1. The lowest BCUT2D eigenvalue weighted by Crippen LogP contribution is -2.65. The molecule has 2 saturated carbocycles. The Kier molecular flexibility index (Phi) is 5.92. The maximum Gasteiger partial charge on any atom is 0.0334 e. The number of nitrogens with zero attached hydrogens (tertiary/aromatic N) is 1. The van der Waals surface area contributed by atoms with Gasteiger partial charge in [-0.25, -0.2) is 0 Å². The third-order valence-corrected chi connectivity index (χ3v) is 7.01. The number of rotatable bonds is 5. The minimum atomic E-state index is 0.531. The summed E-state index contributed by atoms with van der Waals surface area (Å²) in [5.74, 6) is 2.29. The SMILES string of the molecule is CSCCCN1CC(C2CCCCC2)NCC12CCCC2. The van der Waals surface area contributed by atoms with Crippen LogP contribution < -0.4 is 5.32 Å². The lowest BCUT2D eigenvalue weighted by Gasteiger charge is -2.50. The molecule has 1 heterocycles. The number of thioether (sulfide) groups is 1. The summed E-state index contributed by atoms with van der Waals surface area (Å²) in [6.45, 7) is 3.94. The smallest absolute Gasteiger partial charge is 0.0334 e. The minimum Gasteiger partial charge on any atom is -0.311 e. The first kappa shape index (κ1) is 16.1. The van der Waals surface area contributed by atoms with Crippen LogP contribution in [0.4, 0.5) is 0 Å². The van der Waals surface area contributed by atoms with Crippen molar-refractivity contribution in [1.29, 1.82) is 0 Å². The van der Waals surface area contributed by atoms with Gasteiger partial charge in [-0.2, -0.15) is 11.8 Å². The molecular weight excluding hydrogens is 276 g/mol. The van der Waals surface area contributed by atoms with E-state index in [-0.39, 0.29) is 0 Å². The normalized spacial score (nSPS) is 31.0. The summed E-state index contributed by atoms with van der Waals surface area (Å²) in [5, 5.41) is 4.00. The van der Waals surface area contributed by atoms with Gasteiger partial charge in [0.1, 0.15) is 0 Å². The predicted molar refractivity (Wildman–Crippen MR) is 94.1 cm³/mol. The average Bonchev–Trinajstić information content (AvgIpc) is 3.00. The van der Waals surface area contributed by atoms with E-state index >= 15 is 0 Å². The maximum atomic E-state index is 4.00. The predicted octanol–water partition coefficient (Wildman–Crippen LogP) is 3.91. The molecule has 3 aliphatic rings. The molecule has 0 aromatic carbocycles. The van der Waals surface area contributed by atoms with E-state index in [0.717, 1.165) is 12.0 Å². The Hall–Kier alpha value is 0.270. The van der Waals surface area contributed by atoms with Crippen LogP contribution in [0, 0.1) is 5.92 Å². The third-order valence-electron chi connectivity index (χ3n) is 6.31. The number of hydrogen-bond acceptors (Lipinski definition) is 3. The van der Waals surface area contributed by atoms with Crippen molar-refractivity contribution in [2.45, 2.75) is 75.8 Å². The Labute approximate surface area is 135 Å². The summed E-state index contributed by atoms with van der Waals surface area (Å²) in [6, 6.07) is 0.783. The highest BCUT2D eigenvalue weighted by molar-refractivity contribution is 7.98. The molecule has 3 rings (SSSR count). The number of hydrogen-bond donors (Lipinski definition) is 1. The molecule has 2 nitrogen and oxygen atoms in total. The van der Waals surface area contributed by atoms with E-state index in [2.05, 4.69) is 16.5 Å². The summed E-state index contributed by atoms with van der Waals surface area (Å²) >= 11 is 2.01. The number of nitrogens with one attached hydrogen (secondary N) is 1. The molecule has 0 amide bonds. The van der Waals surface area contributed by atoms with Gasteiger partial charge in [0.05, 0.1) is 0 Å². The summed E-state index contributed by atoms with van der Waals surface area (Å²) in [7, 11) is 0.